The monoisotopic (exact) mass is 337 g/mol. The fraction of sp³-hybridized carbons (Fsp3) is 0.222. The number of hydrogen-bond acceptors (Lipinski definition) is 4. The summed E-state index contributed by atoms with van der Waals surface area (Å²) in [6.07, 6.45) is 3.97. The topological polar surface area (TPSA) is 92.7 Å². The number of nitrogens with one attached hydrogen (secondary N) is 2. The van der Waals surface area contributed by atoms with E-state index in [0.717, 1.165) is 11.4 Å². The zero-order valence-corrected chi connectivity index (χ0v) is 13.9. The third kappa shape index (κ3) is 4.41. The highest BCUT2D eigenvalue weighted by molar-refractivity contribution is 5.76. The van der Waals surface area contributed by atoms with Gasteiger partial charge < -0.3 is 14.9 Å². The van der Waals surface area contributed by atoms with Crippen LogP contribution in [0.15, 0.2) is 53.6 Å². The van der Waals surface area contributed by atoms with E-state index in [4.69, 9.17) is 0 Å². The summed E-state index contributed by atoms with van der Waals surface area (Å²) in [4.78, 5) is 34.7. The molecule has 0 fully saturated rings. The van der Waals surface area contributed by atoms with Crippen molar-refractivity contribution < 1.29 is 4.79 Å². The van der Waals surface area contributed by atoms with Gasteiger partial charge >= 0.3 is 0 Å². The van der Waals surface area contributed by atoms with Gasteiger partial charge in [0.25, 0.3) is 5.56 Å². The molecule has 3 aromatic rings. The van der Waals surface area contributed by atoms with Crippen LogP contribution >= 0.6 is 0 Å². The molecular weight excluding hydrogens is 318 g/mol. The highest BCUT2D eigenvalue weighted by atomic mass is 16.2. The minimum absolute atomic E-state index is 0.114. The summed E-state index contributed by atoms with van der Waals surface area (Å²) in [6.45, 7) is 2.34. The van der Waals surface area contributed by atoms with Crippen LogP contribution in [0.4, 0.5) is 0 Å². The van der Waals surface area contributed by atoms with E-state index >= 15 is 0 Å². The standard InChI is InChI=1S/C18H19N5O2/c1-13-21-15(11-16(24)22-13)7-8-19-17(25)12-23-10-9-20-18(23)14-5-3-2-4-6-14/h2-6,9-11H,7-8,12H2,1H3,(H,19,25)(H,21,22,24). The average molecular weight is 337 g/mol. The van der Waals surface area contributed by atoms with Gasteiger partial charge in [-0.15, -0.1) is 0 Å². The second-order valence-corrected chi connectivity index (χ2v) is 5.67. The van der Waals surface area contributed by atoms with Crippen molar-refractivity contribution in [3.8, 4) is 11.4 Å². The quantitative estimate of drug-likeness (QED) is 0.709. The molecule has 0 unspecified atom stereocenters. The predicted octanol–water partition coefficient (Wildman–Crippen LogP) is 1.30. The SMILES string of the molecule is Cc1nc(CCNC(=O)Cn2ccnc2-c2ccccc2)cc(=O)[nH]1. The van der Waals surface area contributed by atoms with Crippen LogP contribution in [-0.4, -0.2) is 32.0 Å². The summed E-state index contributed by atoms with van der Waals surface area (Å²) in [5.41, 5.74) is 1.44. The maximum Gasteiger partial charge on any atom is 0.251 e. The molecule has 1 amide bonds. The largest absolute Gasteiger partial charge is 0.354 e. The number of aryl methyl sites for hydroxylation is 1. The number of carbonyl (C=O) groups is 1. The van der Waals surface area contributed by atoms with E-state index in [9.17, 15) is 9.59 Å². The molecule has 2 N–H and O–H groups in total. The van der Waals surface area contributed by atoms with Crippen molar-refractivity contribution in [1.29, 1.82) is 0 Å². The van der Waals surface area contributed by atoms with Gasteiger partial charge in [-0.3, -0.25) is 9.59 Å². The second kappa shape index (κ2) is 7.57. The van der Waals surface area contributed by atoms with Gasteiger partial charge in [0.2, 0.25) is 5.91 Å². The van der Waals surface area contributed by atoms with Crippen LogP contribution in [0, 0.1) is 6.92 Å². The maximum atomic E-state index is 12.2. The zero-order valence-electron chi connectivity index (χ0n) is 13.9. The second-order valence-electron chi connectivity index (χ2n) is 5.67. The number of carbonyl (C=O) groups excluding carboxylic acids is 1. The zero-order chi connectivity index (χ0) is 17.6. The molecule has 128 valence electrons. The molecule has 0 radical (unpaired) electrons. The van der Waals surface area contributed by atoms with Crippen molar-refractivity contribution in [2.45, 2.75) is 19.9 Å². The fourth-order valence-electron chi connectivity index (χ4n) is 2.59. The molecule has 25 heavy (non-hydrogen) atoms. The minimum Gasteiger partial charge on any atom is -0.354 e. The van der Waals surface area contributed by atoms with Crippen molar-refractivity contribution in [2.75, 3.05) is 6.54 Å². The molecule has 0 aliphatic carbocycles. The molecule has 7 nitrogen and oxygen atoms in total. The van der Waals surface area contributed by atoms with Gasteiger partial charge in [0.1, 0.15) is 18.2 Å². The fourth-order valence-corrected chi connectivity index (χ4v) is 2.59. The Kier molecular flexibility index (Phi) is 5.03. The first-order chi connectivity index (χ1) is 12.1. The number of aromatic amines is 1. The molecule has 0 atom stereocenters. The Balaban J connectivity index is 1.57. The number of amides is 1. The van der Waals surface area contributed by atoms with E-state index in [1.807, 2.05) is 30.3 Å². The van der Waals surface area contributed by atoms with Crippen molar-refractivity contribution in [2.24, 2.45) is 0 Å². The smallest absolute Gasteiger partial charge is 0.251 e. The number of rotatable bonds is 6. The Hall–Kier alpha value is -3.22. The lowest BCUT2D eigenvalue weighted by atomic mass is 10.2. The summed E-state index contributed by atoms with van der Waals surface area (Å²) in [7, 11) is 0. The Bertz CT molecular complexity index is 914. The minimum atomic E-state index is -0.181. The average Bonchev–Trinajstić information content (AvgIpc) is 3.03. The predicted molar refractivity (Wildman–Crippen MR) is 94.0 cm³/mol. The van der Waals surface area contributed by atoms with E-state index in [2.05, 4.69) is 20.3 Å². The molecule has 0 saturated carbocycles. The van der Waals surface area contributed by atoms with E-state index in [-0.39, 0.29) is 18.0 Å². The normalized spacial score (nSPS) is 10.6. The van der Waals surface area contributed by atoms with Crippen LogP contribution in [0.1, 0.15) is 11.5 Å². The van der Waals surface area contributed by atoms with E-state index in [1.165, 1.54) is 6.07 Å². The molecule has 0 saturated heterocycles. The molecule has 0 spiro atoms. The lowest BCUT2D eigenvalue weighted by molar-refractivity contribution is -0.121. The molecule has 0 bridgehead atoms. The van der Waals surface area contributed by atoms with Gasteiger partial charge in [0.15, 0.2) is 0 Å². The van der Waals surface area contributed by atoms with Gasteiger partial charge in [0.05, 0.1) is 0 Å². The Morgan fingerprint density at radius 1 is 1.28 bits per heavy atom. The molecule has 2 heterocycles. The van der Waals surface area contributed by atoms with Gasteiger partial charge in [-0.25, -0.2) is 9.97 Å². The highest BCUT2D eigenvalue weighted by Gasteiger charge is 2.09. The highest BCUT2D eigenvalue weighted by Crippen LogP contribution is 2.16. The third-order valence-corrected chi connectivity index (χ3v) is 3.68. The molecule has 0 aliphatic heterocycles. The van der Waals surface area contributed by atoms with Gasteiger partial charge in [-0.1, -0.05) is 30.3 Å². The van der Waals surface area contributed by atoms with Crippen LogP contribution in [0.5, 0.6) is 0 Å². The summed E-state index contributed by atoms with van der Waals surface area (Å²) in [5.74, 6) is 1.21. The van der Waals surface area contributed by atoms with Crippen molar-refractivity contribution in [3.05, 3.63) is 70.7 Å². The van der Waals surface area contributed by atoms with Crippen LogP contribution in [0.3, 0.4) is 0 Å². The van der Waals surface area contributed by atoms with E-state index in [0.29, 0.717) is 24.5 Å². The Morgan fingerprint density at radius 3 is 2.84 bits per heavy atom. The van der Waals surface area contributed by atoms with Crippen LogP contribution < -0.4 is 10.9 Å². The maximum absolute atomic E-state index is 12.2. The van der Waals surface area contributed by atoms with Crippen LogP contribution in [-0.2, 0) is 17.8 Å². The van der Waals surface area contributed by atoms with Crippen molar-refractivity contribution >= 4 is 5.91 Å². The molecular formula is C18H19N5O2. The Morgan fingerprint density at radius 2 is 2.08 bits per heavy atom. The lowest BCUT2D eigenvalue weighted by Gasteiger charge is -2.09. The first kappa shape index (κ1) is 16.6. The van der Waals surface area contributed by atoms with Crippen LogP contribution in [0.2, 0.25) is 0 Å². The summed E-state index contributed by atoms with van der Waals surface area (Å²) >= 11 is 0. The first-order valence-electron chi connectivity index (χ1n) is 8.02. The number of H-pyrrole nitrogens is 1. The molecule has 1 aromatic carbocycles. The number of nitrogens with zero attached hydrogens (tertiary/aromatic N) is 3. The number of imidazole rings is 1. The third-order valence-electron chi connectivity index (χ3n) is 3.68. The number of benzene rings is 1. The summed E-state index contributed by atoms with van der Waals surface area (Å²) < 4.78 is 1.81. The van der Waals surface area contributed by atoms with E-state index < -0.39 is 0 Å². The van der Waals surface area contributed by atoms with Crippen LogP contribution in [0.25, 0.3) is 11.4 Å². The van der Waals surface area contributed by atoms with Gasteiger partial charge in [0, 0.05) is 42.7 Å². The van der Waals surface area contributed by atoms with Crippen molar-refractivity contribution in [3.63, 3.8) is 0 Å². The van der Waals surface area contributed by atoms with Crippen molar-refractivity contribution in [1.82, 2.24) is 24.8 Å². The molecule has 0 aliphatic rings. The van der Waals surface area contributed by atoms with Gasteiger partial charge in [-0.05, 0) is 6.92 Å². The molecule has 7 heteroatoms. The molecule has 2 aromatic heterocycles. The number of aromatic nitrogens is 4. The summed E-state index contributed by atoms with van der Waals surface area (Å²) in [6, 6.07) is 11.2. The number of hydrogen-bond donors (Lipinski definition) is 2. The van der Waals surface area contributed by atoms with E-state index in [1.54, 1.807) is 23.9 Å². The first-order valence-corrected chi connectivity index (χ1v) is 8.02. The van der Waals surface area contributed by atoms with Gasteiger partial charge in [-0.2, -0.15) is 0 Å². The molecule has 3 rings (SSSR count). The Labute approximate surface area is 144 Å². The summed E-state index contributed by atoms with van der Waals surface area (Å²) in [5, 5.41) is 2.85. The lowest BCUT2D eigenvalue weighted by Crippen LogP contribution is -2.30.